The molecule has 2 heterocycles. The molecule has 1 aliphatic heterocycles. The van der Waals surface area contributed by atoms with Crippen LogP contribution in [-0.4, -0.2) is 39.7 Å². The van der Waals surface area contributed by atoms with E-state index in [1.165, 1.54) is 24.5 Å². The summed E-state index contributed by atoms with van der Waals surface area (Å²) in [6, 6.07) is 13.7. The first-order valence-electron chi connectivity index (χ1n) is 8.42. The van der Waals surface area contributed by atoms with Crippen molar-refractivity contribution in [1.29, 1.82) is 0 Å². The van der Waals surface area contributed by atoms with Crippen molar-refractivity contribution < 1.29 is 24.0 Å². The number of hydrogen-bond donors (Lipinski definition) is 0. The number of amides is 2. The second kappa shape index (κ2) is 6.99. The smallest absolute Gasteiger partial charge is 0.367 e. The topological polar surface area (TPSA) is 90.7 Å². The molecular weight excluding hydrogens is 362 g/mol. The highest BCUT2D eigenvalue weighted by molar-refractivity contribution is 6.21. The minimum Gasteiger partial charge on any atom is -0.497 e. The molecule has 0 unspecified atom stereocenters. The minimum absolute atomic E-state index is 0.130. The first-order valence-corrected chi connectivity index (χ1v) is 8.42. The molecule has 3 aromatic rings. The predicted molar refractivity (Wildman–Crippen MR) is 96.7 cm³/mol. The van der Waals surface area contributed by atoms with E-state index in [1.54, 1.807) is 23.9 Å². The predicted octanol–water partition coefficient (Wildman–Crippen LogP) is 2.31. The molecule has 8 nitrogen and oxygen atoms in total. The summed E-state index contributed by atoms with van der Waals surface area (Å²) in [5, 5.41) is 4.60. The van der Waals surface area contributed by atoms with E-state index in [1.807, 2.05) is 24.3 Å². The monoisotopic (exact) mass is 377 g/mol. The van der Waals surface area contributed by atoms with Crippen LogP contribution < -0.4 is 4.74 Å². The van der Waals surface area contributed by atoms with Crippen molar-refractivity contribution >= 4 is 17.8 Å². The van der Waals surface area contributed by atoms with Crippen LogP contribution in [0.1, 0.15) is 36.6 Å². The van der Waals surface area contributed by atoms with Gasteiger partial charge in [0.1, 0.15) is 5.75 Å². The van der Waals surface area contributed by atoms with Crippen molar-refractivity contribution in [3.05, 3.63) is 83.2 Å². The van der Waals surface area contributed by atoms with Crippen LogP contribution >= 0.6 is 0 Å². The number of nitrogens with zero attached hydrogens (tertiary/aromatic N) is 3. The number of hydroxylamine groups is 2. The lowest BCUT2D eigenvalue weighted by Gasteiger charge is -2.11. The highest BCUT2D eigenvalue weighted by atomic mass is 16.7. The number of hydrogen-bond acceptors (Lipinski definition) is 6. The van der Waals surface area contributed by atoms with E-state index in [2.05, 4.69) is 5.10 Å². The summed E-state index contributed by atoms with van der Waals surface area (Å²) in [6.07, 6.45) is 2.81. The van der Waals surface area contributed by atoms with Gasteiger partial charge in [-0.05, 0) is 29.8 Å². The zero-order valence-corrected chi connectivity index (χ0v) is 14.9. The molecule has 0 fully saturated rings. The number of imide groups is 1. The van der Waals surface area contributed by atoms with Crippen molar-refractivity contribution in [3.8, 4) is 5.75 Å². The number of carbonyl (C=O) groups is 3. The number of fused-ring (bicyclic) bond motifs is 1. The summed E-state index contributed by atoms with van der Waals surface area (Å²) in [7, 11) is 1.59. The molecule has 0 bridgehead atoms. The second-order valence-corrected chi connectivity index (χ2v) is 6.10. The summed E-state index contributed by atoms with van der Waals surface area (Å²) in [4.78, 5) is 41.9. The van der Waals surface area contributed by atoms with E-state index in [0.717, 1.165) is 11.3 Å². The van der Waals surface area contributed by atoms with Gasteiger partial charge in [0.25, 0.3) is 11.8 Å². The van der Waals surface area contributed by atoms with Crippen LogP contribution in [0.3, 0.4) is 0 Å². The first kappa shape index (κ1) is 17.5. The van der Waals surface area contributed by atoms with Crippen LogP contribution in [0.5, 0.6) is 5.75 Å². The van der Waals surface area contributed by atoms with Crippen molar-refractivity contribution in [3.63, 3.8) is 0 Å². The average Bonchev–Trinajstić information content (AvgIpc) is 3.28. The third-order valence-electron chi connectivity index (χ3n) is 4.30. The maximum absolute atomic E-state index is 12.4. The highest BCUT2D eigenvalue weighted by Gasteiger charge is 2.38. The highest BCUT2D eigenvalue weighted by Crippen LogP contribution is 2.23. The quantitative estimate of drug-likeness (QED) is 0.634. The fraction of sp³-hybridized carbons (Fsp3) is 0.100. The van der Waals surface area contributed by atoms with Gasteiger partial charge in [-0.15, -0.1) is 0 Å². The van der Waals surface area contributed by atoms with Crippen LogP contribution in [0.15, 0.2) is 60.9 Å². The molecule has 0 atom stereocenters. The number of benzene rings is 2. The molecule has 0 saturated heterocycles. The molecular formula is C20H15N3O5. The van der Waals surface area contributed by atoms with Crippen LogP contribution in [0.4, 0.5) is 0 Å². The number of aromatic nitrogens is 2. The maximum Gasteiger partial charge on any atom is 0.367 e. The van der Waals surface area contributed by atoms with Crippen LogP contribution in [0.25, 0.3) is 0 Å². The summed E-state index contributed by atoms with van der Waals surface area (Å²) >= 11 is 0. The van der Waals surface area contributed by atoms with E-state index in [-0.39, 0.29) is 16.7 Å². The Morgan fingerprint density at radius 1 is 1.00 bits per heavy atom. The van der Waals surface area contributed by atoms with Crippen molar-refractivity contribution in [1.82, 2.24) is 14.8 Å². The van der Waals surface area contributed by atoms with E-state index >= 15 is 0 Å². The van der Waals surface area contributed by atoms with Crippen LogP contribution in [0, 0.1) is 0 Å². The molecule has 8 heteroatoms. The number of carbonyl (C=O) groups excluding carboxylic acids is 3. The van der Waals surface area contributed by atoms with Gasteiger partial charge in [-0.2, -0.15) is 5.10 Å². The summed E-state index contributed by atoms with van der Waals surface area (Å²) in [5.41, 5.74) is 1.50. The van der Waals surface area contributed by atoms with Gasteiger partial charge in [0.15, 0.2) is 0 Å². The average molecular weight is 377 g/mol. The summed E-state index contributed by atoms with van der Waals surface area (Å²) < 4.78 is 6.67. The largest absolute Gasteiger partial charge is 0.497 e. The molecule has 0 spiro atoms. The lowest BCUT2D eigenvalue weighted by atomic mass is 10.1. The van der Waals surface area contributed by atoms with Crippen molar-refractivity contribution in [2.24, 2.45) is 0 Å². The van der Waals surface area contributed by atoms with Gasteiger partial charge < -0.3 is 9.57 Å². The SMILES string of the molecule is COc1ccc(Cn2cc(C(=O)ON3C(=O)c4ccccc4C3=O)cn2)cc1. The molecule has 0 saturated carbocycles. The van der Waals surface area contributed by atoms with Gasteiger partial charge in [0.2, 0.25) is 0 Å². The summed E-state index contributed by atoms with van der Waals surface area (Å²) in [6.45, 7) is 0.435. The second-order valence-electron chi connectivity index (χ2n) is 6.10. The molecule has 2 aromatic carbocycles. The van der Waals surface area contributed by atoms with Gasteiger partial charge >= 0.3 is 5.97 Å². The molecule has 28 heavy (non-hydrogen) atoms. The van der Waals surface area contributed by atoms with Gasteiger partial charge in [0, 0.05) is 6.20 Å². The van der Waals surface area contributed by atoms with Crippen LogP contribution in [0.2, 0.25) is 0 Å². The standard InChI is InChI=1S/C20H15N3O5/c1-27-15-8-6-13(7-9-15)11-22-12-14(10-21-22)20(26)28-23-18(24)16-4-2-3-5-17(16)19(23)25/h2-10,12H,11H2,1H3. The summed E-state index contributed by atoms with van der Waals surface area (Å²) in [5.74, 6) is -1.43. The normalized spacial score (nSPS) is 12.8. The molecule has 2 amide bonds. The Morgan fingerprint density at radius 3 is 2.25 bits per heavy atom. The minimum atomic E-state index is -0.838. The van der Waals surface area contributed by atoms with E-state index in [4.69, 9.17) is 9.57 Å². The molecule has 1 aliphatic rings. The molecule has 0 aliphatic carbocycles. The lowest BCUT2D eigenvalue weighted by Crippen LogP contribution is -2.32. The Bertz CT molecular complexity index is 1040. The Labute approximate surface area is 159 Å². The third kappa shape index (κ3) is 3.11. The Hall–Kier alpha value is -3.94. The molecule has 0 N–H and O–H groups in total. The molecule has 140 valence electrons. The van der Waals surface area contributed by atoms with Gasteiger partial charge in [-0.1, -0.05) is 29.3 Å². The van der Waals surface area contributed by atoms with Crippen molar-refractivity contribution in [2.45, 2.75) is 6.54 Å². The van der Waals surface area contributed by atoms with Gasteiger partial charge in [0.05, 0.1) is 36.5 Å². The van der Waals surface area contributed by atoms with Gasteiger partial charge in [-0.25, -0.2) is 4.79 Å². The Balaban J connectivity index is 1.45. The first-order chi connectivity index (χ1) is 13.6. The number of ether oxygens (including phenoxy) is 1. The lowest BCUT2D eigenvalue weighted by molar-refractivity contribution is -0.0584. The molecule has 0 radical (unpaired) electrons. The van der Waals surface area contributed by atoms with Crippen LogP contribution in [-0.2, 0) is 11.4 Å². The van der Waals surface area contributed by atoms with E-state index in [0.29, 0.717) is 11.6 Å². The number of rotatable bonds is 5. The fourth-order valence-electron chi connectivity index (χ4n) is 2.86. The molecule has 4 rings (SSSR count). The van der Waals surface area contributed by atoms with E-state index < -0.39 is 17.8 Å². The Kier molecular flexibility index (Phi) is 4.36. The fourth-order valence-corrected chi connectivity index (χ4v) is 2.86. The van der Waals surface area contributed by atoms with E-state index in [9.17, 15) is 14.4 Å². The molecule has 1 aromatic heterocycles. The zero-order chi connectivity index (χ0) is 19.7. The Morgan fingerprint density at radius 2 is 1.64 bits per heavy atom. The zero-order valence-electron chi connectivity index (χ0n) is 14.9. The number of methoxy groups -OCH3 is 1. The third-order valence-corrected chi connectivity index (χ3v) is 4.30. The maximum atomic E-state index is 12.4. The van der Waals surface area contributed by atoms with Gasteiger partial charge in [-0.3, -0.25) is 14.3 Å². The van der Waals surface area contributed by atoms with Crippen molar-refractivity contribution in [2.75, 3.05) is 7.11 Å².